The van der Waals surface area contributed by atoms with E-state index in [-0.39, 0.29) is 11.2 Å². The van der Waals surface area contributed by atoms with E-state index in [1.165, 1.54) is 10.5 Å². The van der Waals surface area contributed by atoms with Crippen LogP contribution in [0.25, 0.3) is 0 Å². The molecule has 1 heterocycles. The summed E-state index contributed by atoms with van der Waals surface area (Å²) in [6, 6.07) is 8.50. The fourth-order valence-electron chi connectivity index (χ4n) is 1.88. The third-order valence-electron chi connectivity index (χ3n) is 2.85. The van der Waals surface area contributed by atoms with Crippen molar-refractivity contribution < 1.29 is 4.79 Å². The number of carbonyl (C=O) groups excluding carboxylic acids is 1. The molecule has 0 saturated carbocycles. The van der Waals surface area contributed by atoms with Gasteiger partial charge in [-0.25, -0.2) is 0 Å². The lowest BCUT2D eigenvalue weighted by Crippen LogP contribution is -2.27. The number of thioether (sulfide) groups is 1. The van der Waals surface area contributed by atoms with Crippen LogP contribution in [-0.4, -0.2) is 34.9 Å². The van der Waals surface area contributed by atoms with Gasteiger partial charge in [-0.2, -0.15) is 12.6 Å². The van der Waals surface area contributed by atoms with Gasteiger partial charge < -0.3 is 4.90 Å². The minimum absolute atomic E-state index is 0.229. The Hall–Kier alpha value is -0.610. The molecule has 1 aromatic rings. The number of amides is 1. The summed E-state index contributed by atoms with van der Waals surface area (Å²) >= 11 is 6.15. The first-order chi connectivity index (χ1) is 8.15. The average molecular weight is 267 g/mol. The SMILES string of the molecule is Cc1ccc(SCCN2CC(S)CC2=O)cc1. The van der Waals surface area contributed by atoms with Crippen LogP contribution in [0.3, 0.4) is 0 Å². The second-order valence-electron chi connectivity index (χ2n) is 4.36. The van der Waals surface area contributed by atoms with Crippen molar-refractivity contribution >= 4 is 30.3 Å². The van der Waals surface area contributed by atoms with Gasteiger partial charge in [0.2, 0.25) is 5.91 Å². The average Bonchev–Trinajstić information content (AvgIpc) is 2.60. The van der Waals surface area contributed by atoms with Crippen molar-refractivity contribution in [3.63, 3.8) is 0 Å². The molecule has 0 bridgehead atoms. The molecule has 1 atom stereocenters. The van der Waals surface area contributed by atoms with Gasteiger partial charge in [0.1, 0.15) is 0 Å². The number of carbonyl (C=O) groups is 1. The van der Waals surface area contributed by atoms with Gasteiger partial charge >= 0.3 is 0 Å². The van der Waals surface area contributed by atoms with Gasteiger partial charge in [-0.05, 0) is 19.1 Å². The lowest BCUT2D eigenvalue weighted by molar-refractivity contribution is -0.127. The van der Waals surface area contributed by atoms with Crippen molar-refractivity contribution in [2.45, 2.75) is 23.5 Å². The third kappa shape index (κ3) is 3.68. The minimum atomic E-state index is 0.229. The zero-order valence-electron chi connectivity index (χ0n) is 9.93. The normalized spacial score (nSPS) is 20.0. The molecule has 2 nitrogen and oxygen atoms in total. The Balaban J connectivity index is 1.76. The number of rotatable bonds is 4. The smallest absolute Gasteiger partial charge is 0.223 e. The zero-order valence-corrected chi connectivity index (χ0v) is 11.6. The molecule has 2 rings (SSSR count). The first-order valence-electron chi connectivity index (χ1n) is 5.80. The van der Waals surface area contributed by atoms with Crippen molar-refractivity contribution in [1.82, 2.24) is 4.90 Å². The highest BCUT2D eigenvalue weighted by Crippen LogP contribution is 2.20. The quantitative estimate of drug-likeness (QED) is 0.668. The lowest BCUT2D eigenvalue weighted by atomic mass is 10.2. The standard InChI is InChI=1S/C13H17NOS2/c1-10-2-4-12(5-3-10)17-7-6-14-9-11(16)8-13(14)15/h2-5,11,16H,6-9H2,1H3. The van der Waals surface area contributed by atoms with Gasteiger partial charge in [-0.3, -0.25) is 4.79 Å². The number of likely N-dealkylation sites (tertiary alicyclic amines) is 1. The van der Waals surface area contributed by atoms with Crippen LogP contribution in [0.1, 0.15) is 12.0 Å². The number of nitrogens with zero attached hydrogens (tertiary/aromatic N) is 1. The molecule has 1 aliphatic rings. The molecule has 0 N–H and O–H groups in total. The van der Waals surface area contributed by atoms with Crippen molar-refractivity contribution in [3.05, 3.63) is 29.8 Å². The molecule has 1 saturated heterocycles. The van der Waals surface area contributed by atoms with Crippen LogP contribution < -0.4 is 0 Å². The van der Waals surface area contributed by atoms with Gasteiger partial charge in [0.05, 0.1) is 0 Å². The third-order valence-corrected chi connectivity index (χ3v) is 4.18. The molecular formula is C13H17NOS2. The van der Waals surface area contributed by atoms with Gasteiger partial charge in [-0.15, -0.1) is 11.8 Å². The summed E-state index contributed by atoms with van der Waals surface area (Å²) in [6.07, 6.45) is 0.596. The van der Waals surface area contributed by atoms with E-state index in [1.54, 1.807) is 11.8 Å². The summed E-state index contributed by atoms with van der Waals surface area (Å²) in [6.45, 7) is 3.72. The van der Waals surface area contributed by atoms with Gasteiger partial charge in [0.15, 0.2) is 0 Å². The fraction of sp³-hybridized carbons (Fsp3) is 0.462. The molecule has 1 aromatic carbocycles. The maximum atomic E-state index is 11.5. The van der Waals surface area contributed by atoms with Crippen LogP contribution in [0, 0.1) is 6.92 Å². The van der Waals surface area contributed by atoms with E-state index >= 15 is 0 Å². The fourth-order valence-corrected chi connectivity index (χ4v) is 3.10. The van der Waals surface area contributed by atoms with E-state index in [1.807, 2.05) is 4.90 Å². The van der Waals surface area contributed by atoms with E-state index in [9.17, 15) is 4.79 Å². The maximum absolute atomic E-state index is 11.5. The van der Waals surface area contributed by atoms with Crippen molar-refractivity contribution in [3.8, 4) is 0 Å². The number of hydrogen-bond acceptors (Lipinski definition) is 3. The van der Waals surface area contributed by atoms with E-state index in [2.05, 4.69) is 43.8 Å². The largest absolute Gasteiger partial charge is 0.341 e. The number of thiol groups is 1. The summed E-state index contributed by atoms with van der Waals surface area (Å²) in [5, 5.41) is 0.229. The number of aryl methyl sites for hydroxylation is 1. The molecule has 92 valence electrons. The van der Waals surface area contributed by atoms with E-state index in [0.29, 0.717) is 6.42 Å². The Morgan fingerprint density at radius 1 is 1.41 bits per heavy atom. The topological polar surface area (TPSA) is 20.3 Å². The highest BCUT2D eigenvalue weighted by molar-refractivity contribution is 7.99. The molecule has 4 heteroatoms. The molecule has 1 amide bonds. The highest BCUT2D eigenvalue weighted by Gasteiger charge is 2.26. The van der Waals surface area contributed by atoms with Gasteiger partial charge in [-0.1, -0.05) is 17.7 Å². The Kier molecular flexibility index (Phi) is 4.40. The molecule has 1 fully saturated rings. The highest BCUT2D eigenvalue weighted by atomic mass is 32.2. The van der Waals surface area contributed by atoms with Crippen LogP contribution in [0.5, 0.6) is 0 Å². The zero-order chi connectivity index (χ0) is 12.3. The van der Waals surface area contributed by atoms with Gasteiger partial charge in [0, 0.05) is 35.4 Å². The Labute approximate surface area is 112 Å². The Morgan fingerprint density at radius 2 is 2.12 bits per heavy atom. The summed E-state index contributed by atoms with van der Waals surface area (Å²) in [7, 11) is 0. The molecule has 1 unspecified atom stereocenters. The summed E-state index contributed by atoms with van der Waals surface area (Å²) in [5.41, 5.74) is 1.28. The predicted molar refractivity (Wildman–Crippen MR) is 75.9 cm³/mol. The lowest BCUT2D eigenvalue weighted by Gasteiger charge is -2.15. The maximum Gasteiger partial charge on any atom is 0.223 e. The van der Waals surface area contributed by atoms with Crippen LogP contribution in [0.4, 0.5) is 0 Å². The van der Waals surface area contributed by atoms with Gasteiger partial charge in [0.25, 0.3) is 0 Å². The van der Waals surface area contributed by atoms with Crippen LogP contribution in [0.2, 0.25) is 0 Å². The Bertz CT molecular complexity index is 391. The van der Waals surface area contributed by atoms with Crippen molar-refractivity contribution in [2.75, 3.05) is 18.8 Å². The molecule has 0 radical (unpaired) electrons. The van der Waals surface area contributed by atoms with Crippen LogP contribution in [-0.2, 0) is 4.79 Å². The molecule has 1 aliphatic heterocycles. The van der Waals surface area contributed by atoms with Crippen molar-refractivity contribution in [2.24, 2.45) is 0 Å². The molecule has 17 heavy (non-hydrogen) atoms. The monoisotopic (exact) mass is 267 g/mol. The molecule has 0 aliphatic carbocycles. The molecule has 0 aromatic heterocycles. The minimum Gasteiger partial charge on any atom is -0.341 e. The molecule has 0 spiro atoms. The predicted octanol–water partition coefficient (Wildman–Crippen LogP) is 2.62. The van der Waals surface area contributed by atoms with E-state index < -0.39 is 0 Å². The summed E-state index contributed by atoms with van der Waals surface area (Å²) in [4.78, 5) is 14.7. The van der Waals surface area contributed by atoms with Crippen molar-refractivity contribution in [1.29, 1.82) is 0 Å². The summed E-state index contributed by atoms with van der Waals surface area (Å²) < 4.78 is 0. The second kappa shape index (κ2) is 5.83. The second-order valence-corrected chi connectivity index (χ2v) is 6.26. The Morgan fingerprint density at radius 3 is 2.71 bits per heavy atom. The first kappa shape index (κ1) is 12.8. The first-order valence-corrected chi connectivity index (χ1v) is 7.30. The number of benzene rings is 1. The van der Waals surface area contributed by atoms with E-state index in [4.69, 9.17) is 0 Å². The van der Waals surface area contributed by atoms with E-state index in [0.717, 1.165) is 18.8 Å². The summed E-state index contributed by atoms with van der Waals surface area (Å²) in [5.74, 6) is 1.20. The molecular weight excluding hydrogens is 250 g/mol. The van der Waals surface area contributed by atoms with Crippen LogP contribution >= 0.6 is 24.4 Å². The van der Waals surface area contributed by atoms with Crippen LogP contribution in [0.15, 0.2) is 29.2 Å². The number of hydrogen-bond donors (Lipinski definition) is 1.